The third-order valence-electron chi connectivity index (χ3n) is 4.22. The van der Waals surface area contributed by atoms with E-state index in [9.17, 15) is 9.59 Å². The van der Waals surface area contributed by atoms with Gasteiger partial charge in [-0.1, -0.05) is 12.1 Å². The van der Waals surface area contributed by atoms with Gasteiger partial charge in [-0.2, -0.15) is 5.10 Å². The van der Waals surface area contributed by atoms with Crippen LogP contribution in [0.15, 0.2) is 45.4 Å². The minimum atomic E-state index is -0.380. The summed E-state index contributed by atoms with van der Waals surface area (Å²) in [4.78, 5) is 33.7. The molecule has 0 saturated carbocycles. The molecule has 9 nitrogen and oxygen atoms in total. The zero-order valence-electron chi connectivity index (χ0n) is 15.4. The Morgan fingerprint density at radius 1 is 1.34 bits per heavy atom. The minimum Gasteiger partial charge on any atom is -0.496 e. The van der Waals surface area contributed by atoms with Gasteiger partial charge >= 0.3 is 0 Å². The molecule has 0 aliphatic heterocycles. The predicted molar refractivity (Wildman–Crippen MR) is 113 cm³/mol. The summed E-state index contributed by atoms with van der Waals surface area (Å²) in [5, 5.41) is 9.44. The van der Waals surface area contributed by atoms with E-state index in [0.717, 1.165) is 5.56 Å². The molecule has 29 heavy (non-hydrogen) atoms. The lowest BCUT2D eigenvalue weighted by Gasteiger charge is -2.06. The van der Waals surface area contributed by atoms with Crippen molar-refractivity contribution in [3.05, 3.63) is 50.9 Å². The number of nitrogens with zero attached hydrogens (tertiary/aromatic N) is 5. The number of amides is 1. The monoisotopic (exact) mass is 474 g/mol. The zero-order chi connectivity index (χ0) is 20.5. The fourth-order valence-corrected chi connectivity index (χ4v) is 4.18. The van der Waals surface area contributed by atoms with Crippen LogP contribution < -0.4 is 15.6 Å². The number of para-hydroxylation sites is 1. The number of hydrogen-bond acceptors (Lipinski definition) is 7. The Hall–Kier alpha value is -3.05. The first kappa shape index (κ1) is 19.3. The molecule has 1 amide bonds. The van der Waals surface area contributed by atoms with Gasteiger partial charge in [-0.3, -0.25) is 14.2 Å². The molecular weight excluding hydrogens is 460 g/mol. The van der Waals surface area contributed by atoms with Crippen molar-refractivity contribution in [2.24, 2.45) is 7.05 Å². The van der Waals surface area contributed by atoms with Crippen LogP contribution in [0.3, 0.4) is 0 Å². The van der Waals surface area contributed by atoms with Crippen molar-refractivity contribution in [1.82, 2.24) is 24.3 Å². The number of thiazole rings is 1. The van der Waals surface area contributed by atoms with Crippen molar-refractivity contribution < 1.29 is 9.53 Å². The number of aryl methyl sites for hydroxylation is 1. The molecular formula is C18H15BrN6O3S. The highest BCUT2D eigenvalue weighted by Gasteiger charge is 2.16. The Balaban J connectivity index is 1.53. The van der Waals surface area contributed by atoms with E-state index in [1.807, 2.05) is 29.6 Å². The summed E-state index contributed by atoms with van der Waals surface area (Å²) in [6.07, 6.45) is 1.33. The van der Waals surface area contributed by atoms with E-state index < -0.39 is 0 Å². The fourth-order valence-electron chi connectivity index (χ4n) is 2.87. The van der Waals surface area contributed by atoms with Crippen molar-refractivity contribution in [2.45, 2.75) is 6.54 Å². The Bertz CT molecular complexity index is 1280. The van der Waals surface area contributed by atoms with Crippen molar-refractivity contribution in [2.75, 3.05) is 12.4 Å². The van der Waals surface area contributed by atoms with Gasteiger partial charge in [0.1, 0.15) is 28.6 Å². The number of halogens is 1. The molecule has 1 aromatic carbocycles. The van der Waals surface area contributed by atoms with Crippen LogP contribution in [0.2, 0.25) is 0 Å². The SMILES string of the molecule is COc1ccccc1-c1csc(NC(=O)Cn2cnc3c(c(Br)nn3C)c2=O)n1. The number of ether oxygens (including phenoxy) is 1. The second-order valence-electron chi connectivity index (χ2n) is 6.08. The van der Waals surface area contributed by atoms with E-state index in [1.165, 1.54) is 26.9 Å². The molecule has 4 aromatic rings. The van der Waals surface area contributed by atoms with Crippen LogP contribution in [0.5, 0.6) is 5.75 Å². The smallest absolute Gasteiger partial charge is 0.266 e. The predicted octanol–water partition coefficient (Wildman–Crippen LogP) is 2.66. The summed E-state index contributed by atoms with van der Waals surface area (Å²) in [5.74, 6) is 0.317. The van der Waals surface area contributed by atoms with Gasteiger partial charge in [0.15, 0.2) is 10.8 Å². The summed E-state index contributed by atoms with van der Waals surface area (Å²) < 4.78 is 8.48. The first-order valence-electron chi connectivity index (χ1n) is 8.44. The van der Waals surface area contributed by atoms with Crippen LogP contribution in [-0.4, -0.2) is 37.3 Å². The fraction of sp³-hybridized carbons (Fsp3) is 0.167. The Morgan fingerprint density at radius 3 is 2.93 bits per heavy atom. The minimum absolute atomic E-state index is 0.188. The molecule has 1 N–H and O–H groups in total. The van der Waals surface area contributed by atoms with Gasteiger partial charge in [-0.25, -0.2) is 14.6 Å². The lowest BCUT2D eigenvalue weighted by molar-refractivity contribution is -0.116. The molecule has 4 rings (SSSR count). The third-order valence-corrected chi connectivity index (χ3v) is 5.53. The summed E-state index contributed by atoms with van der Waals surface area (Å²) in [5.41, 5.74) is 1.63. The largest absolute Gasteiger partial charge is 0.496 e. The maximum absolute atomic E-state index is 12.6. The Labute approximate surface area is 177 Å². The van der Waals surface area contributed by atoms with Crippen LogP contribution in [0, 0.1) is 0 Å². The van der Waals surface area contributed by atoms with E-state index in [-0.39, 0.29) is 18.0 Å². The van der Waals surface area contributed by atoms with Gasteiger partial charge in [0.25, 0.3) is 5.56 Å². The van der Waals surface area contributed by atoms with Crippen molar-refractivity contribution >= 4 is 49.3 Å². The highest BCUT2D eigenvalue weighted by Crippen LogP contribution is 2.31. The maximum atomic E-state index is 12.6. The van der Waals surface area contributed by atoms with Gasteiger partial charge in [-0.15, -0.1) is 11.3 Å². The molecule has 0 aliphatic carbocycles. The molecule has 0 spiro atoms. The van der Waals surface area contributed by atoms with Crippen LogP contribution >= 0.6 is 27.3 Å². The van der Waals surface area contributed by atoms with Gasteiger partial charge in [-0.05, 0) is 28.1 Å². The molecule has 0 bridgehead atoms. The molecule has 0 radical (unpaired) electrons. The van der Waals surface area contributed by atoms with Gasteiger partial charge in [0, 0.05) is 18.0 Å². The molecule has 0 aliphatic rings. The van der Waals surface area contributed by atoms with Crippen molar-refractivity contribution in [1.29, 1.82) is 0 Å². The molecule has 0 saturated heterocycles. The van der Waals surface area contributed by atoms with E-state index in [4.69, 9.17) is 4.74 Å². The van der Waals surface area contributed by atoms with Gasteiger partial charge in [0.05, 0.1) is 12.8 Å². The highest BCUT2D eigenvalue weighted by molar-refractivity contribution is 9.10. The summed E-state index contributed by atoms with van der Waals surface area (Å²) in [6.45, 7) is -0.188. The van der Waals surface area contributed by atoms with Crippen LogP contribution in [0.25, 0.3) is 22.3 Å². The van der Waals surface area contributed by atoms with Gasteiger partial charge in [0.2, 0.25) is 5.91 Å². The Morgan fingerprint density at radius 2 is 2.14 bits per heavy atom. The molecule has 11 heteroatoms. The van der Waals surface area contributed by atoms with E-state index in [0.29, 0.717) is 32.2 Å². The summed E-state index contributed by atoms with van der Waals surface area (Å²) >= 11 is 4.55. The number of rotatable bonds is 5. The normalized spacial score (nSPS) is 11.0. The average Bonchev–Trinajstić information content (AvgIpc) is 3.28. The number of fused-ring (bicyclic) bond motifs is 1. The summed E-state index contributed by atoms with van der Waals surface area (Å²) in [7, 11) is 3.29. The van der Waals surface area contributed by atoms with Crippen molar-refractivity contribution in [3.8, 4) is 17.0 Å². The number of anilines is 1. The first-order valence-corrected chi connectivity index (χ1v) is 10.1. The lowest BCUT2D eigenvalue weighted by Crippen LogP contribution is -2.28. The number of benzene rings is 1. The second-order valence-corrected chi connectivity index (χ2v) is 7.69. The topological polar surface area (TPSA) is 104 Å². The number of hydrogen-bond donors (Lipinski definition) is 1. The van der Waals surface area contributed by atoms with Crippen LogP contribution in [0.1, 0.15) is 0 Å². The number of nitrogens with one attached hydrogen (secondary N) is 1. The summed E-state index contributed by atoms with van der Waals surface area (Å²) in [6, 6.07) is 7.51. The average molecular weight is 475 g/mol. The molecule has 0 atom stereocenters. The van der Waals surface area contributed by atoms with E-state index in [2.05, 4.69) is 36.3 Å². The van der Waals surface area contributed by atoms with E-state index in [1.54, 1.807) is 14.2 Å². The maximum Gasteiger partial charge on any atom is 0.266 e. The van der Waals surface area contributed by atoms with E-state index >= 15 is 0 Å². The quantitative estimate of drug-likeness (QED) is 0.476. The van der Waals surface area contributed by atoms with Crippen molar-refractivity contribution in [3.63, 3.8) is 0 Å². The van der Waals surface area contributed by atoms with Crippen LogP contribution in [-0.2, 0) is 18.4 Å². The van der Waals surface area contributed by atoms with Gasteiger partial charge < -0.3 is 10.1 Å². The molecule has 3 aromatic heterocycles. The zero-order valence-corrected chi connectivity index (χ0v) is 17.8. The lowest BCUT2D eigenvalue weighted by atomic mass is 10.1. The third kappa shape index (κ3) is 3.66. The Kier molecular flexibility index (Phi) is 5.16. The number of carbonyl (C=O) groups is 1. The molecule has 148 valence electrons. The van der Waals surface area contributed by atoms with Crippen LogP contribution in [0.4, 0.5) is 5.13 Å². The standard InChI is InChI=1S/C18H15BrN6O3S/c1-24-16-14(15(19)23-24)17(27)25(9-20-16)7-13(26)22-18-21-11(8-29-18)10-5-3-4-6-12(10)28-2/h3-6,8-9H,7H2,1-2H3,(H,21,22,26). The second kappa shape index (κ2) is 7.76. The molecule has 0 unspecified atom stereocenters. The first-order chi connectivity index (χ1) is 14.0. The number of methoxy groups -OCH3 is 1. The molecule has 3 heterocycles. The molecule has 0 fully saturated rings. The number of carbonyl (C=O) groups excluding carboxylic acids is 1. The highest BCUT2D eigenvalue weighted by atomic mass is 79.9. The number of aromatic nitrogens is 5.